The summed E-state index contributed by atoms with van der Waals surface area (Å²) in [6.45, 7) is -0.862. The second kappa shape index (κ2) is 16.3. The first-order chi connectivity index (χ1) is 15.4. The molecular weight excluding hydrogens is 473 g/mol. The van der Waals surface area contributed by atoms with Crippen molar-refractivity contribution in [3.8, 4) is 0 Å². The van der Waals surface area contributed by atoms with Crippen LogP contribution in [-0.4, -0.2) is 82.7 Å². The van der Waals surface area contributed by atoms with Gasteiger partial charge in [0, 0.05) is 37.8 Å². The quantitative estimate of drug-likeness (QED) is 0.0725. The van der Waals surface area contributed by atoms with Crippen LogP contribution in [0.3, 0.4) is 0 Å². The van der Waals surface area contributed by atoms with Crippen molar-refractivity contribution in [2.24, 2.45) is 10.7 Å². The highest BCUT2D eigenvalue weighted by molar-refractivity contribution is 7.99. The summed E-state index contributed by atoms with van der Waals surface area (Å²) in [7, 11) is 1.44. The van der Waals surface area contributed by atoms with Gasteiger partial charge in [0.05, 0.1) is 0 Å². The summed E-state index contributed by atoms with van der Waals surface area (Å²) < 4.78 is 40.9. The highest BCUT2D eigenvalue weighted by Gasteiger charge is 2.26. The number of methoxy groups -OCH3 is 1. The number of rotatable bonds is 11. The molecule has 1 aromatic rings. The molecule has 0 aliphatic carbocycles. The molecule has 0 unspecified atom stereocenters. The number of guanidine groups is 1. The molecule has 0 spiro atoms. The normalized spacial score (nSPS) is 11.5. The van der Waals surface area contributed by atoms with Gasteiger partial charge in [0.2, 0.25) is 5.91 Å². The van der Waals surface area contributed by atoms with E-state index in [9.17, 15) is 27.6 Å². The fraction of sp³-hybridized carbons (Fsp3) is 0.412. The summed E-state index contributed by atoms with van der Waals surface area (Å²) in [4.78, 5) is 41.6. The number of ether oxygens (including phenoxy) is 1. The number of hydrogen-bond donors (Lipinski definition) is 5. The lowest BCUT2D eigenvalue weighted by atomic mass is 10.4. The number of carboxylic acid groups (broad SMARTS) is 2. The van der Waals surface area contributed by atoms with E-state index in [4.69, 9.17) is 15.9 Å². The number of carboxylic acids is 2. The molecule has 0 aromatic carbocycles. The number of carbonyl (C=O) groups is 3. The Kier molecular flexibility index (Phi) is 14.6. The van der Waals surface area contributed by atoms with Gasteiger partial charge in [-0.2, -0.15) is 13.2 Å². The number of aliphatic imine (C=N–C) groups is 1. The molecule has 1 amide bonds. The van der Waals surface area contributed by atoms with Gasteiger partial charge in [0.1, 0.15) is 19.0 Å². The Labute approximate surface area is 190 Å². The number of anilines is 1. The minimum absolute atomic E-state index is 0.0152. The van der Waals surface area contributed by atoms with Gasteiger partial charge in [-0.25, -0.2) is 24.5 Å². The van der Waals surface area contributed by atoms with E-state index in [1.807, 2.05) is 0 Å². The first kappa shape index (κ1) is 29.6. The minimum Gasteiger partial charge on any atom is -0.478 e. The maximum absolute atomic E-state index is 12.1. The predicted octanol–water partition coefficient (Wildman–Crippen LogP) is 0.722. The molecule has 0 bridgehead atoms. The Balaban J connectivity index is 0.00000109. The molecule has 1 rings (SSSR count). The summed E-state index contributed by atoms with van der Waals surface area (Å²) in [6.07, 6.45) is -1.16. The van der Waals surface area contributed by atoms with E-state index in [-0.39, 0.29) is 24.3 Å². The van der Waals surface area contributed by atoms with Crippen LogP contribution in [0.25, 0.3) is 0 Å². The fourth-order valence-corrected chi connectivity index (χ4v) is 2.38. The molecule has 0 saturated carbocycles. The molecule has 16 heteroatoms. The van der Waals surface area contributed by atoms with Crippen LogP contribution in [0.1, 0.15) is 6.42 Å². The Morgan fingerprint density at radius 2 is 1.91 bits per heavy atom. The van der Waals surface area contributed by atoms with Gasteiger partial charge in [-0.3, -0.25) is 4.79 Å². The van der Waals surface area contributed by atoms with E-state index in [2.05, 4.69) is 30.3 Å². The van der Waals surface area contributed by atoms with Crippen molar-refractivity contribution in [2.75, 3.05) is 37.9 Å². The first-order valence-electron chi connectivity index (χ1n) is 8.92. The van der Waals surface area contributed by atoms with Crippen LogP contribution in [0.2, 0.25) is 0 Å². The maximum atomic E-state index is 12.1. The average Bonchev–Trinajstić information content (AvgIpc) is 2.71. The summed E-state index contributed by atoms with van der Waals surface area (Å²) in [5, 5.41) is 21.2. The Morgan fingerprint density at radius 1 is 1.27 bits per heavy atom. The SMILES string of the molecule is COCC(=O)NCCCSc1nccc(NC(N)=NCC(F)(F)F)n1.O=C(O)C=CC(=O)O. The molecule has 0 fully saturated rings. The van der Waals surface area contributed by atoms with E-state index in [1.54, 1.807) is 0 Å². The number of halogens is 3. The third kappa shape index (κ3) is 19.0. The second-order valence-electron chi connectivity index (χ2n) is 5.66. The lowest BCUT2D eigenvalue weighted by Gasteiger charge is -2.07. The first-order valence-corrected chi connectivity index (χ1v) is 9.90. The van der Waals surface area contributed by atoms with Crippen molar-refractivity contribution in [1.82, 2.24) is 15.3 Å². The number of alkyl halides is 3. The number of aromatic nitrogens is 2. The number of amides is 1. The number of hydrogen-bond acceptors (Lipinski definition) is 8. The molecule has 0 aliphatic rings. The number of nitrogens with two attached hydrogens (primary N) is 1. The lowest BCUT2D eigenvalue weighted by molar-refractivity contribution is -0.134. The van der Waals surface area contributed by atoms with Crippen LogP contribution < -0.4 is 16.4 Å². The smallest absolute Gasteiger partial charge is 0.408 e. The van der Waals surface area contributed by atoms with Gasteiger partial charge in [0.15, 0.2) is 11.1 Å². The van der Waals surface area contributed by atoms with Crippen LogP contribution in [0, 0.1) is 0 Å². The molecule has 184 valence electrons. The summed E-state index contributed by atoms with van der Waals surface area (Å²) in [5.41, 5.74) is 5.38. The van der Waals surface area contributed by atoms with Crippen molar-refractivity contribution in [3.63, 3.8) is 0 Å². The van der Waals surface area contributed by atoms with Gasteiger partial charge in [-0.15, -0.1) is 0 Å². The van der Waals surface area contributed by atoms with E-state index in [1.165, 1.54) is 31.1 Å². The standard InChI is InChI=1S/C13H19F3N6O2S.C4H4O4/c1-24-7-10(23)18-4-2-6-25-12-19-5-3-9(22-12)21-11(17)20-8-13(14,15)16;5-3(6)1-2-4(7)8/h3,5H,2,4,6-8H2,1H3,(H,18,23)(H3,17,19,20,21,22);1-2H,(H,5,6)(H,7,8). The molecular formula is C17H23F3N6O6S. The number of carbonyl (C=O) groups excluding carboxylic acids is 1. The summed E-state index contributed by atoms with van der Waals surface area (Å²) in [5.74, 6) is -2.19. The summed E-state index contributed by atoms with van der Waals surface area (Å²) >= 11 is 1.34. The number of nitrogens with one attached hydrogen (secondary N) is 2. The monoisotopic (exact) mass is 496 g/mol. The van der Waals surface area contributed by atoms with Gasteiger partial charge < -0.3 is 31.3 Å². The third-order valence-corrected chi connectivity index (χ3v) is 3.78. The van der Waals surface area contributed by atoms with Gasteiger partial charge in [-0.1, -0.05) is 11.8 Å². The van der Waals surface area contributed by atoms with Gasteiger partial charge in [0.25, 0.3) is 0 Å². The van der Waals surface area contributed by atoms with Gasteiger partial charge in [-0.05, 0) is 12.5 Å². The van der Waals surface area contributed by atoms with Crippen molar-refractivity contribution >= 4 is 41.4 Å². The van der Waals surface area contributed by atoms with Gasteiger partial charge >= 0.3 is 18.1 Å². The number of aliphatic carboxylic acids is 2. The van der Waals surface area contributed by atoms with Crippen molar-refractivity contribution in [1.29, 1.82) is 0 Å². The van der Waals surface area contributed by atoms with E-state index in [0.29, 0.717) is 36.0 Å². The molecule has 6 N–H and O–H groups in total. The summed E-state index contributed by atoms with van der Waals surface area (Å²) in [6, 6.07) is 1.46. The molecule has 1 heterocycles. The fourth-order valence-electron chi connectivity index (χ4n) is 1.61. The average molecular weight is 496 g/mol. The molecule has 0 aliphatic heterocycles. The Hall–Kier alpha value is -3.40. The Bertz CT molecular complexity index is 822. The van der Waals surface area contributed by atoms with Crippen LogP contribution in [0.4, 0.5) is 19.0 Å². The minimum atomic E-state index is -4.42. The van der Waals surface area contributed by atoms with E-state index < -0.39 is 24.7 Å². The molecule has 0 atom stereocenters. The Morgan fingerprint density at radius 3 is 2.45 bits per heavy atom. The maximum Gasteiger partial charge on any atom is 0.408 e. The third-order valence-electron chi connectivity index (χ3n) is 2.84. The molecule has 12 nitrogen and oxygen atoms in total. The van der Waals surface area contributed by atoms with Crippen molar-refractivity contribution in [2.45, 2.75) is 17.8 Å². The lowest BCUT2D eigenvalue weighted by Crippen LogP contribution is -2.28. The van der Waals surface area contributed by atoms with E-state index >= 15 is 0 Å². The van der Waals surface area contributed by atoms with Crippen LogP contribution in [-0.2, 0) is 19.1 Å². The number of nitrogens with zero attached hydrogens (tertiary/aromatic N) is 3. The number of thioether (sulfide) groups is 1. The molecule has 0 saturated heterocycles. The van der Waals surface area contributed by atoms with Crippen LogP contribution in [0.15, 0.2) is 34.6 Å². The van der Waals surface area contributed by atoms with E-state index in [0.717, 1.165) is 0 Å². The molecule has 33 heavy (non-hydrogen) atoms. The highest BCUT2D eigenvalue weighted by Crippen LogP contribution is 2.16. The largest absolute Gasteiger partial charge is 0.478 e. The second-order valence-corrected chi connectivity index (χ2v) is 6.72. The highest BCUT2D eigenvalue weighted by atomic mass is 32.2. The zero-order valence-corrected chi connectivity index (χ0v) is 18.1. The zero-order chi connectivity index (χ0) is 25.3. The zero-order valence-electron chi connectivity index (χ0n) is 17.3. The van der Waals surface area contributed by atoms with Crippen molar-refractivity contribution in [3.05, 3.63) is 24.4 Å². The topological polar surface area (TPSA) is 189 Å². The predicted molar refractivity (Wildman–Crippen MR) is 113 cm³/mol. The van der Waals surface area contributed by atoms with Crippen molar-refractivity contribution < 1.29 is 42.5 Å². The van der Waals surface area contributed by atoms with Crippen LogP contribution >= 0.6 is 11.8 Å². The molecule has 0 radical (unpaired) electrons. The van der Waals surface area contributed by atoms with Crippen LogP contribution in [0.5, 0.6) is 0 Å². The molecule has 1 aromatic heterocycles.